The summed E-state index contributed by atoms with van der Waals surface area (Å²) in [6.07, 6.45) is 4.80. The van der Waals surface area contributed by atoms with Crippen LogP contribution in [0, 0.1) is 23.7 Å². The number of fused-ring (bicyclic) bond motifs is 4. The molecule has 0 saturated heterocycles. The van der Waals surface area contributed by atoms with Crippen LogP contribution < -0.4 is 9.80 Å². The molecular weight excluding hydrogens is 681 g/mol. The number of hydrogen-bond acceptors (Lipinski definition) is 6. The van der Waals surface area contributed by atoms with Crippen LogP contribution in [0.15, 0.2) is 139 Å². The van der Waals surface area contributed by atoms with Gasteiger partial charge in [-0.25, -0.2) is 0 Å². The second-order valence-corrected chi connectivity index (χ2v) is 14.4. The molecule has 0 atom stereocenters. The molecule has 0 aliphatic carbocycles. The Morgan fingerprint density at radius 2 is 1.30 bits per heavy atom. The van der Waals surface area contributed by atoms with Gasteiger partial charge in [-0.05, 0) is 108 Å². The lowest BCUT2D eigenvalue weighted by atomic mass is 9.81. The highest BCUT2D eigenvalue weighted by molar-refractivity contribution is 7.00. The number of benzene rings is 6. The van der Waals surface area contributed by atoms with Gasteiger partial charge in [-0.2, -0.15) is 8.75 Å². The minimum absolute atomic E-state index is 0.292. The molecule has 8 rings (SSSR count). The van der Waals surface area contributed by atoms with Crippen LogP contribution in [0.4, 0.5) is 22.7 Å². The summed E-state index contributed by atoms with van der Waals surface area (Å²) in [7, 11) is 0. The highest BCUT2D eigenvalue weighted by Gasteiger charge is 2.41. The molecule has 0 saturated carbocycles. The van der Waals surface area contributed by atoms with Gasteiger partial charge in [0.05, 0.1) is 22.9 Å². The number of aromatic nitrogens is 2. The zero-order valence-corrected chi connectivity index (χ0v) is 31.3. The molecule has 5 nitrogen and oxygen atoms in total. The smallest absolute Gasteiger partial charge is 0.144 e. The van der Waals surface area contributed by atoms with Crippen molar-refractivity contribution in [2.24, 2.45) is 0 Å². The summed E-state index contributed by atoms with van der Waals surface area (Å²) in [4.78, 5) is 16.2. The van der Waals surface area contributed by atoms with E-state index >= 15 is 0 Å². The number of carbonyl (C=O) groups excluding carboxylic acids is 1. The Bertz CT molecular complexity index is 2620. The van der Waals surface area contributed by atoms with E-state index in [9.17, 15) is 4.79 Å². The van der Waals surface area contributed by atoms with Gasteiger partial charge in [-0.15, -0.1) is 0 Å². The fourth-order valence-electron chi connectivity index (χ4n) is 7.44. The van der Waals surface area contributed by atoms with Gasteiger partial charge in [0.25, 0.3) is 0 Å². The Morgan fingerprint density at radius 1 is 0.704 bits per heavy atom. The molecule has 0 spiro atoms. The van der Waals surface area contributed by atoms with Crippen LogP contribution in [0.2, 0.25) is 0 Å². The Kier molecular flexibility index (Phi) is 9.53. The van der Waals surface area contributed by atoms with Crippen molar-refractivity contribution in [1.82, 2.24) is 8.75 Å². The number of nitrogens with zero attached hydrogens (tertiary/aromatic N) is 4. The maximum absolute atomic E-state index is 11.7. The number of carbonyl (C=O) groups is 1. The topological polar surface area (TPSA) is 49.3 Å². The summed E-state index contributed by atoms with van der Waals surface area (Å²) in [5.41, 5.74) is 11.4. The molecule has 7 aromatic rings. The van der Waals surface area contributed by atoms with E-state index in [2.05, 4.69) is 166 Å². The van der Waals surface area contributed by atoms with Crippen molar-refractivity contribution in [3.8, 4) is 23.7 Å². The van der Waals surface area contributed by atoms with E-state index in [1.54, 1.807) is 6.08 Å². The minimum Gasteiger partial charge on any atom is -0.344 e. The van der Waals surface area contributed by atoms with Crippen molar-refractivity contribution >= 4 is 62.6 Å². The average Bonchev–Trinajstić information content (AvgIpc) is 3.78. The Balaban J connectivity index is 1.06. The van der Waals surface area contributed by atoms with Gasteiger partial charge in [-0.1, -0.05) is 99.4 Å². The number of unbranched alkanes of at least 4 members (excludes halogenated alkanes) is 1. The molecule has 1 aliphatic rings. The molecule has 1 aromatic heterocycles. The van der Waals surface area contributed by atoms with Crippen molar-refractivity contribution in [1.29, 1.82) is 0 Å². The number of hydrogen-bond donors (Lipinski definition) is 0. The highest BCUT2D eigenvalue weighted by Crippen LogP contribution is 2.50. The number of para-hydroxylation sites is 2. The second kappa shape index (κ2) is 14.9. The quantitative estimate of drug-likeness (QED) is 0.0933. The molecule has 54 heavy (non-hydrogen) atoms. The lowest BCUT2D eigenvalue weighted by Crippen LogP contribution is -2.27. The fraction of sp³-hybridized carbons (Fsp3) is 0.146. The molecule has 6 heteroatoms. The Hall–Kier alpha value is -6.47. The summed E-state index contributed by atoms with van der Waals surface area (Å²) in [5, 5.41) is 2.32. The Labute approximate surface area is 320 Å². The first-order chi connectivity index (χ1) is 26.5. The van der Waals surface area contributed by atoms with E-state index in [0.717, 1.165) is 87.1 Å². The van der Waals surface area contributed by atoms with E-state index in [4.69, 9.17) is 0 Å². The zero-order chi connectivity index (χ0) is 37.1. The molecule has 0 amide bonds. The van der Waals surface area contributed by atoms with E-state index in [-0.39, 0.29) is 5.41 Å². The van der Waals surface area contributed by atoms with Crippen LogP contribution in [0.1, 0.15) is 61.4 Å². The van der Waals surface area contributed by atoms with Crippen molar-refractivity contribution in [3.05, 3.63) is 167 Å². The summed E-state index contributed by atoms with van der Waals surface area (Å²) >= 11 is 1.18. The van der Waals surface area contributed by atoms with Gasteiger partial charge in [-0.3, -0.25) is 4.79 Å². The van der Waals surface area contributed by atoms with Gasteiger partial charge >= 0.3 is 0 Å². The number of aldehydes is 1. The molecule has 0 radical (unpaired) electrons. The summed E-state index contributed by atoms with van der Waals surface area (Å²) in [5.74, 6) is 13.4. The van der Waals surface area contributed by atoms with Gasteiger partial charge in [0.2, 0.25) is 0 Å². The zero-order valence-electron chi connectivity index (χ0n) is 30.5. The predicted octanol–water partition coefficient (Wildman–Crippen LogP) is 11.1. The standard InChI is InChI=1S/C48H38N4OS/c1-4-5-31-51-43-29-25-38-33-35(20-28-42(38)45(43)48(2,3)44(51)30-32-53)17-22-37-24-23-36(46-47(37)50-54-49-46)21-16-34-18-26-41(27-19-34)52(39-12-8-6-9-13-39)40-14-10-7-11-15-40/h6-15,18-20,23-30,32-33H,4-5,31H2,1-3H3/b44-30-. The first kappa shape index (κ1) is 34.6. The van der Waals surface area contributed by atoms with Gasteiger partial charge in [0, 0.05) is 51.5 Å². The lowest BCUT2D eigenvalue weighted by molar-refractivity contribution is -0.104. The lowest BCUT2D eigenvalue weighted by Gasteiger charge is -2.26. The summed E-state index contributed by atoms with van der Waals surface area (Å²) in [6, 6.07) is 43.8. The number of anilines is 4. The highest BCUT2D eigenvalue weighted by atomic mass is 32.1. The van der Waals surface area contributed by atoms with Crippen molar-refractivity contribution < 1.29 is 4.79 Å². The third-order valence-corrected chi connectivity index (χ3v) is 10.6. The van der Waals surface area contributed by atoms with Crippen LogP contribution in [-0.2, 0) is 10.2 Å². The van der Waals surface area contributed by atoms with Crippen LogP contribution in [0.5, 0.6) is 0 Å². The van der Waals surface area contributed by atoms with E-state index in [1.165, 1.54) is 28.4 Å². The first-order valence-corrected chi connectivity index (χ1v) is 19.0. The molecule has 6 aromatic carbocycles. The molecule has 2 heterocycles. The minimum atomic E-state index is -0.292. The summed E-state index contributed by atoms with van der Waals surface area (Å²) in [6.45, 7) is 7.51. The van der Waals surface area contributed by atoms with E-state index < -0.39 is 0 Å². The van der Waals surface area contributed by atoms with E-state index in [0.29, 0.717) is 0 Å². The molecule has 0 fully saturated rings. The Morgan fingerprint density at radius 3 is 1.91 bits per heavy atom. The van der Waals surface area contributed by atoms with Crippen molar-refractivity contribution in [2.75, 3.05) is 16.3 Å². The fourth-order valence-corrected chi connectivity index (χ4v) is 8.01. The van der Waals surface area contributed by atoms with Gasteiger partial charge in [0.15, 0.2) is 0 Å². The molecule has 0 bridgehead atoms. The SMILES string of the molecule is CCCCN1/C(=C\C=O)C(C)(C)c2c1ccc1cc(C#Cc3ccc(C#Cc4ccc(N(c5ccccc5)c5ccccc5)cc4)c4nsnc34)ccc21. The summed E-state index contributed by atoms with van der Waals surface area (Å²) < 4.78 is 9.22. The maximum Gasteiger partial charge on any atom is 0.144 e. The number of allylic oxidation sites excluding steroid dienone is 2. The molecular formula is C48H38N4OS. The molecule has 1 aliphatic heterocycles. The van der Waals surface area contributed by atoms with Crippen LogP contribution in [0.3, 0.4) is 0 Å². The maximum atomic E-state index is 11.7. The third-order valence-electron chi connectivity index (χ3n) is 10.1. The molecule has 0 N–H and O–H groups in total. The molecule has 0 unspecified atom stereocenters. The third kappa shape index (κ3) is 6.54. The van der Waals surface area contributed by atoms with Crippen LogP contribution >= 0.6 is 11.7 Å². The molecule has 262 valence electrons. The monoisotopic (exact) mass is 718 g/mol. The number of rotatable bonds is 7. The second-order valence-electron chi connectivity index (χ2n) is 13.9. The van der Waals surface area contributed by atoms with Gasteiger partial charge < -0.3 is 9.80 Å². The largest absolute Gasteiger partial charge is 0.344 e. The van der Waals surface area contributed by atoms with Crippen LogP contribution in [-0.4, -0.2) is 21.6 Å². The van der Waals surface area contributed by atoms with Crippen molar-refractivity contribution in [2.45, 2.75) is 39.0 Å². The first-order valence-electron chi connectivity index (χ1n) is 18.3. The normalized spacial score (nSPS) is 13.6. The average molecular weight is 719 g/mol. The predicted molar refractivity (Wildman–Crippen MR) is 224 cm³/mol. The van der Waals surface area contributed by atoms with E-state index in [1.807, 2.05) is 24.3 Å². The van der Waals surface area contributed by atoms with Gasteiger partial charge in [0.1, 0.15) is 17.3 Å². The van der Waals surface area contributed by atoms with Crippen molar-refractivity contribution in [3.63, 3.8) is 0 Å². The van der Waals surface area contributed by atoms with Crippen LogP contribution in [0.25, 0.3) is 21.8 Å².